The summed E-state index contributed by atoms with van der Waals surface area (Å²) in [6.45, 7) is 4.77. The topological polar surface area (TPSA) is 12.9 Å². The van der Waals surface area contributed by atoms with Crippen molar-refractivity contribution in [1.82, 2.24) is 4.98 Å². The fourth-order valence-electron chi connectivity index (χ4n) is 7.66. The highest BCUT2D eigenvalue weighted by atomic mass is 14.7. The van der Waals surface area contributed by atoms with Crippen LogP contribution in [0.1, 0.15) is 25.0 Å². The van der Waals surface area contributed by atoms with Crippen molar-refractivity contribution in [2.24, 2.45) is 0 Å². The molecule has 0 fully saturated rings. The van der Waals surface area contributed by atoms with Crippen molar-refractivity contribution < 1.29 is 0 Å². The van der Waals surface area contributed by atoms with Gasteiger partial charge in [0, 0.05) is 16.4 Å². The molecule has 0 radical (unpaired) electrons. The molecule has 8 aromatic rings. The number of hydrogen-bond acceptors (Lipinski definition) is 1. The zero-order chi connectivity index (χ0) is 28.7. The summed E-state index contributed by atoms with van der Waals surface area (Å²) in [5, 5.41) is 9.05. The van der Waals surface area contributed by atoms with E-state index in [4.69, 9.17) is 4.98 Å². The summed E-state index contributed by atoms with van der Waals surface area (Å²) in [4.78, 5) is 5.17. The molecule has 0 spiro atoms. The fraction of sp³-hybridized carbons (Fsp3) is 0.0714. The van der Waals surface area contributed by atoms with Crippen molar-refractivity contribution in [3.05, 3.63) is 151 Å². The second kappa shape index (κ2) is 8.86. The van der Waals surface area contributed by atoms with Gasteiger partial charge in [0.2, 0.25) is 0 Å². The maximum atomic E-state index is 5.17. The maximum Gasteiger partial charge on any atom is 0.0715 e. The van der Waals surface area contributed by atoms with Gasteiger partial charge in [0.05, 0.1) is 11.2 Å². The lowest BCUT2D eigenvalue weighted by Crippen LogP contribution is -2.15. The normalized spacial score (nSPS) is 13.5. The molecule has 0 saturated carbocycles. The molecule has 0 atom stereocenters. The summed E-state index contributed by atoms with van der Waals surface area (Å²) in [5.41, 5.74) is 11.1. The molecule has 0 aliphatic heterocycles. The first-order chi connectivity index (χ1) is 21.1. The summed E-state index contributed by atoms with van der Waals surface area (Å²) in [6.07, 6.45) is 0. The number of nitrogens with zero attached hydrogens (tertiary/aromatic N) is 1. The number of pyridine rings is 1. The molecule has 1 aliphatic rings. The van der Waals surface area contributed by atoms with Crippen LogP contribution in [0.25, 0.3) is 76.7 Å². The van der Waals surface area contributed by atoms with E-state index in [1.165, 1.54) is 71.1 Å². The zero-order valence-electron chi connectivity index (χ0n) is 24.2. The summed E-state index contributed by atoms with van der Waals surface area (Å²) in [7, 11) is 0. The zero-order valence-corrected chi connectivity index (χ0v) is 24.2. The van der Waals surface area contributed by atoms with Crippen molar-refractivity contribution in [1.29, 1.82) is 0 Å². The van der Waals surface area contributed by atoms with Crippen LogP contribution in [0.2, 0.25) is 0 Å². The Morgan fingerprint density at radius 2 is 1.12 bits per heavy atom. The van der Waals surface area contributed by atoms with E-state index in [1.807, 2.05) is 0 Å². The summed E-state index contributed by atoms with van der Waals surface area (Å²) < 4.78 is 0. The molecule has 1 heteroatoms. The highest BCUT2D eigenvalue weighted by molar-refractivity contribution is 6.28. The van der Waals surface area contributed by atoms with Gasteiger partial charge >= 0.3 is 0 Å². The van der Waals surface area contributed by atoms with Crippen LogP contribution in [0.15, 0.2) is 140 Å². The summed E-state index contributed by atoms with van der Waals surface area (Å²) in [6, 6.07) is 50.9. The third-order valence-corrected chi connectivity index (χ3v) is 9.63. The average Bonchev–Trinajstić information content (AvgIpc) is 3.30. The van der Waals surface area contributed by atoms with Gasteiger partial charge in [-0.2, -0.15) is 0 Å². The molecule has 7 aromatic carbocycles. The molecule has 1 aliphatic carbocycles. The molecule has 43 heavy (non-hydrogen) atoms. The van der Waals surface area contributed by atoms with Crippen LogP contribution in [0.5, 0.6) is 0 Å². The minimum atomic E-state index is -0.0740. The molecule has 0 bridgehead atoms. The number of benzene rings is 7. The maximum absolute atomic E-state index is 5.17. The van der Waals surface area contributed by atoms with Gasteiger partial charge in [-0.3, -0.25) is 0 Å². The van der Waals surface area contributed by atoms with E-state index >= 15 is 0 Å². The van der Waals surface area contributed by atoms with Crippen molar-refractivity contribution >= 4 is 43.2 Å². The Morgan fingerprint density at radius 1 is 0.442 bits per heavy atom. The van der Waals surface area contributed by atoms with Gasteiger partial charge in [0.25, 0.3) is 0 Å². The van der Waals surface area contributed by atoms with Gasteiger partial charge in [-0.05, 0) is 83.9 Å². The molecule has 0 amide bonds. The highest BCUT2D eigenvalue weighted by Crippen LogP contribution is 2.53. The lowest BCUT2D eigenvalue weighted by molar-refractivity contribution is 0.666. The second-order valence-electron chi connectivity index (χ2n) is 12.3. The second-order valence-corrected chi connectivity index (χ2v) is 12.3. The minimum absolute atomic E-state index is 0.0740. The average molecular weight is 548 g/mol. The van der Waals surface area contributed by atoms with Crippen LogP contribution in [0, 0.1) is 0 Å². The van der Waals surface area contributed by atoms with Crippen molar-refractivity contribution in [3.63, 3.8) is 0 Å². The van der Waals surface area contributed by atoms with E-state index in [0.717, 1.165) is 16.8 Å². The first kappa shape index (κ1) is 24.3. The molecular weight excluding hydrogens is 518 g/mol. The fourth-order valence-corrected chi connectivity index (χ4v) is 7.66. The Balaban J connectivity index is 1.28. The molecule has 202 valence electrons. The quantitative estimate of drug-likeness (QED) is 0.196. The number of hydrogen-bond donors (Lipinski definition) is 0. The van der Waals surface area contributed by atoms with E-state index in [9.17, 15) is 0 Å². The third-order valence-electron chi connectivity index (χ3n) is 9.63. The standard InChI is InChI=1S/C42H29N/c1-42(2)37-17-9-8-14-31(37)35-22-21-34-30-20-19-27(25-36(30)29-13-6-7-15-33(29)40(34)41(35)42)38-24-23-32-28(16-10-18-39(32)43-38)26-11-4-3-5-12-26/h3-25H,1-2H3. The third kappa shape index (κ3) is 3.43. The Bertz CT molecular complexity index is 2390. The van der Waals surface area contributed by atoms with Gasteiger partial charge in [0.1, 0.15) is 0 Å². The summed E-state index contributed by atoms with van der Waals surface area (Å²) in [5.74, 6) is 0. The van der Waals surface area contributed by atoms with E-state index in [2.05, 4.69) is 153 Å². The van der Waals surface area contributed by atoms with Crippen LogP contribution in [-0.4, -0.2) is 4.98 Å². The van der Waals surface area contributed by atoms with E-state index in [0.29, 0.717) is 0 Å². The summed E-state index contributed by atoms with van der Waals surface area (Å²) >= 11 is 0. The van der Waals surface area contributed by atoms with Crippen molar-refractivity contribution in [2.75, 3.05) is 0 Å². The molecule has 0 unspecified atom stereocenters. The van der Waals surface area contributed by atoms with Gasteiger partial charge < -0.3 is 0 Å². The van der Waals surface area contributed by atoms with Crippen LogP contribution >= 0.6 is 0 Å². The predicted molar refractivity (Wildman–Crippen MR) is 183 cm³/mol. The van der Waals surface area contributed by atoms with Crippen LogP contribution < -0.4 is 0 Å². The van der Waals surface area contributed by atoms with Crippen molar-refractivity contribution in [2.45, 2.75) is 19.3 Å². The first-order valence-corrected chi connectivity index (χ1v) is 15.1. The first-order valence-electron chi connectivity index (χ1n) is 15.1. The number of rotatable bonds is 2. The SMILES string of the molecule is CC1(C)c2ccccc2-c2ccc3c4ccc(-c5ccc6c(-c7ccccc7)cccc6n5)cc4c4ccccc4c3c21. The molecule has 1 heterocycles. The molecule has 0 N–H and O–H groups in total. The Kier molecular flexibility index (Phi) is 5.02. The minimum Gasteiger partial charge on any atom is -0.248 e. The number of fused-ring (bicyclic) bond motifs is 11. The monoisotopic (exact) mass is 547 g/mol. The smallest absolute Gasteiger partial charge is 0.0715 e. The predicted octanol–water partition coefficient (Wildman–Crippen LogP) is 11.3. The van der Waals surface area contributed by atoms with E-state index in [1.54, 1.807) is 0 Å². The van der Waals surface area contributed by atoms with Crippen LogP contribution in [0.3, 0.4) is 0 Å². The lowest BCUT2D eigenvalue weighted by atomic mass is 9.78. The molecule has 9 rings (SSSR count). The van der Waals surface area contributed by atoms with Gasteiger partial charge in [-0.25, -0.2) is 4.98 Å². The number of aromatic nitrogens is 1. The van der Waals surface area contributed by atoms with E-state index in [-0.39, 0.29) is 5.41 Å². The van der Waals surface area contributed by atoms with E-state index < -0.39 is 0 Å². The van der Waals surface area contributed by atoms with Gasteiger partial charge in [-0.1, -0.05) is 135 Å². The molecular formula is C42H29N. The van der Waals surface area contributed by atoms with Gasteiger partial charge in [0.15, 0.2) is 0 Å². The largest absolute Gasteiger partial charge is 0.248 e. The Labute approximate surface area is 251 Å². The van der Waals surface area contributed by atoms with Crippen LogP contribution in [0.4, 0.5) is 0 Å². The van der Waals surface area contributed by atoms with Crippen molar-refractivity contribution in [3.8, 4) is 33.5 Å². The molecule has 1 aromatic heterocycles. The van der Waals surface area contributed by atoms with Gasteiger partial charge in [-0.15, -0.1) is 0 Å². The molecule has 1 nitrogen and oxygen atoms in total. The lowest BCUT2D eigenvalue weighted by Gasteiger charge is -2.24. The molecule has 0 saturated heterocycles. The Hall–Kier alpha value is -5.27. The van der Waals surface area contributed by atoms with Crippen LogP contribution in [-0.2, 0) is 5.41 Å². The Morgan fingerprint density at radius 3 is 2.00 bits per heavy atom. The highest BCUT2D eigenvalue weighted by Gasteiger charge is 2.37.